The number of aromatic nitrogens is 1. The number of anilines is 1. The van der Waals surface area contributed by atoms with E-state index in [-0.39, 0.29) is 0 Å². The highest BCUT2D eigenvalue weighted by molar-refractivity contribution is 5.83. The number of hydrogen-bond acceptors (Lipinski definition) is 3. The molecular weight excluding hydrogens is 298 g/mol. The second-order valence-electron chi connectivity index (χ2n) is 6.32. The summed E-state index contributed by atoms with van der Waals surface area (Å²) >= 11 is 0. The number of nitrogens with one attached hydrogen (secondary N) is 2. The van der Waals surface area contributed by atoms with Crippen molar-refractivity contribution < 1.29 is 4.74 Å². The van der Waals surface area contributed by atoms with Crippen LogP contribution in [0, 0.1) is 0 Å². The number of piperazine rings is 1. The van der Waals surface area contributed by atoms with Crippen LogP contribution in [0.2, 0.25) is 0 Å². The number of benzene rings is 2. The molecule has 124 valence electrons. The Kier molecular flexibility index (Phi) is 4.13. The lowest BCUT2D eigenvalue weighted by Gasteiger charge is -2.38. The maximum atomic E-state index is 5.53. The van der Waals surface area contributed by atoms with E-state index in [9.17, 15) is 0 Å². The van der Waals surface area contributed by atoms with Gasteiger partial charge in [-0.2, -0.15) is 0 Å². The van der Waals surface area contributed by atoms with E-state index in [1.54, 1.807) is 7.11 Å². The molecule has 1 aromatic heterocycles. The Bertz CT molecular complexity index is 826. The van der Waals surface area contributed by atoms with E-state index in [2.05, 4.69) is 51.6 Å². The summed E-state index contributed by atoms with van der Waals surface area (Å²) in [5.74, 6) is 0.976. The summed E-state index contributed by atoms with van der Waals surface area (Å²) in [5.41, 5.74) is 3.75. The summed E-state index contributed by atoms with van der Waals surface area (Å²) in [6.07, 6.45) is 2.97. The van der Waals surface area contributed by atoms with Gasteiger partial charge in [0.2, 0.25) is 0 Å². The normalized spacial score (nSPS) is 18.0. The molecule has 1 unspecified atom stereocenters. The number of methoxy groups -OCH3 is 1. The smallest absolute Gasteiger partial charge is 0.122 e. The van der Waals surface area contributed by atoms with Gasteiger partial charge in [0.15, 0.2) is 0 Å². The highest BCUT2D eigenvalue weighted by Crippen LogP contribution is 2.27. The summed E-state index contributed by atoms with van der Waals surface area (Å²) in [7, 11) is 1.75. The molecule has 0 spiro atoms. The number of nitrogens with zero attached hydrogens (tertiary/aromatic N) is 1. The van der Waals surface area contributed by atoms with Crippen LogP contribution >= 0.6 is 0 Å². The first kappa shape index (κ1) is 15.1. The van der Waals surface area contributed by atoms with Crippen LogP contribution in [-0.2, 0) is 6.42 Å². The van der Waals surface area contributed by atoms with Gasteiger partial charge in [0.25, 0.3) is 0 Å². The van der Waals surface area contributed by atoms with E-state index >= 15 is 0 Å². The molecule has 0 amide bonds. The van der Waals surface area contributed by atoms with Gasteiger partial charge in [-0.3, -0.25) is 0 Å². The highest BCUT2D eigenvalue weighted by atomic mass is 16.5. The van der Waals surface area contributed by atoms with Crippen LogP contribution in [0.4, 0.5) is 5.69 Å². The van der Waals surface area contributed by atoms with Gasteiger partial charge in [0.1, 0.15) is 5.75 Å². The molecule has 0 aliphatic carbocycles. The minimum absolute atomic E-state index is 0.423. The van der Waals surface area contributed by atoms with Crippen LogP contribution in [0.1, 0.15) is 5.56 Å². The van der Waals surface area contributed by atoms with Crippen LogP contribution in [0.5, 0.6) is 5.75 Å². The molecule has 0 radical (unpaired) electrons. The van der Waals surface area contributed by atoms with Crippen molar-refractivity contribution in [3.8, 4) is 5.75 Å². The largest absolute Gasteiger partial charge is 0.496 e. The fourth-order valence-electron chi connectivity index (χ4n) is 3.63. The van der Waals surface area contributed by atoms with E-state index in [1.165, 1.54) is 22.2 Å². The number of aromatic amines is 1. The van der Waals surface area contributed by atoms with Crippen LogP contribution in [0.15, 0.2) is 54.7 Å². The van der Waals surface area contributed by atoms with Gasteiger partial charge in [0, 0.05) is 48.5 Å². The number of rotatable bonds is 4. The molecule has 24 heavy (non-hydrogen) atoms. The molecular formula is C20H23N3O. The summed E-state index contributed by atoms with van der Waals surface area (Å²) in [4.78, 5) is 5.79. The molecule has 1 aliphatic heterocycles. The van der Waals surface area contributed by atoms with Gasteiger partial charge >= 0.3 is 0 Å². The van der Waals surface area contributed by atoms with E-state index in [1.807, 2.05) is 18.3 Å². The second-order valence-corrected chi connectivity index (χ2v) is 6.32. The van der Waals surface area contributed by atoms with E-state index in [4.69, 9.17) is 4.74 Å². The summed E-state index contributed by atoms with van der Waals surface area (Å²) in [5, 5.41) is 4.80. The Morgan fingerprint density at radius 3 is 3.00 bits per heavy atom. The van der Waals surface area contributed by atoms with Crippen LogP contribution in [-0.4, -0.2) is 37.8 Å². The monoisotopic (exact) mass is 321 g/mol. The van der Waals surface area contributed by atoms with Gasteiger partial charge in [0.05, 0.1) is 7.11 Å². The predicted octanol–water partition coefficient (Wildman–Crippen LogP) is 3.20. The first-order valence-corrected chi connectivity index (χ1v) is 8.51. The van der Waals surface area contributed by atoms with Gasteiger partial charge in [-0.05, 0) is 42.3 Å². The van der Waals surface area contributed by atoms with Gasteiger partial charge in [-0.15, -0.1) is 0 Å². The number of para-hydroxylation sites is 1. The average Bonchev–Trinajstić information content (AvgIpc) is 3.10. The summed E-state index contributed by atoms with van der Waals surface area (Å²) in [6.45, 7) is 3.03. The third-order valence-corrected chi connectivity index (χ3v) is 4.87. The molecule has 1 saturated heterocycles. The lowest BCUT2D eigenvalue weighted by molar-refractivity contribution is 0.403. The zero-order valence-electron chi connectivity index (χ0n) is 14.0. The minimum Gasteiger partial charge on any atom is -0.496 e. The van der Waals surface area contributed by atoms with Crippen LogP contribution in [0.25, 0.3) is 10.9 Å². The topological polar surface area (TPSA) is 40.3 Å². The third-order valence-electron chi connectivity index (χ3n) is 4.87. The Morgan fingerprint density at radius 1 is 1.17 bits per heavy atom. The lowest BCUT2D eigenvalue weighted by Crippen LogP contribution is -2.52. The van der Waals surface area contributed by atoms with Crippen LogP contribution in [0.3, 0.4) is 0 Å². The number of H-pyrrole nitrogens is 1. The molecule has 1 fully saturated rings. The number of ether oxygens (including phenoxy) is 1. The molecule has 2 N–H and O–H groups in total. The molecule has 0 saturated carbocycles. The van der Waals surface area contributed by atoms with Crippen molar-refractivity contribution in [2.75, 3.05) is 31.6 Å². The quantitative estimate of drug-likeness (QED) is 0.775. The average molecular weight is 321 g/mol. The van der Waals surface area contributed by atoms with E-state index in [0.29, 0.717) is 6.04 Å². The summed E-state index contributed by atoms with van der Waals surface area (Å²) in [6, 6.07) is 17.6. The van der Waals surface area contributed by atoms with Crippen molar-refractivity contribution in [2.24, 2.45) is 0 Å². The van der Waals surface area contributed by atoms with Crippen LogP contribution < -0.4 is 15.0 Å². The van der Waals surface area contributed by atoms with Crippen molar-refractivity contribution in [3.05, 3.63) is 60.3 Å². The second kappa shape index (κ2) is 6.57. The van der Waals surface area contributed by atoms with Gasteiger partial charge in [-0.1, -0.05) is 18.2 Å². The highest BCUT2D eigenvalue weighted by Gasteiger charge is 2.24. The number of fused-ring (bicyclic) bond motifs is 1. The van der Waals surface area contributed by atoms with Crippen molar-refractivity contribution in [3.63, 3.8) is 0 Å². The molecule has 3 aromatic rings. The maximum absolute atomic E-state index is 5.53. The Morgan fingerprint density at radius 2 is 2.08 bits per heavy atom. The van der Waals surface area contributed by atoms with Gasteiger partial charge in [-0.25, -0.2) is 0 Å². The van der Waals surface area contributed by atoms with E-state index in [0.717, 1.165) is 31.8 Å². The third kappa shape index (κ3) is 2.85. The molecule has 1 atom stereocenters. The first-order chi connectivity index (χ1) is 11.8. The summed E-state index contributed by atoms with van der Waals surface area (Å²) < 4.78 is 5.53. The fourth-order valence-corrected chi connectivity index (χ4v) is 3.63. The molecule has 4 nitrogen and oxygen atoms in total. The zero-order chi connectivity index (χ0) is 16.4. The molecule has 2 heterocycles. The van der Waals surface area contributed by atoms with E-state index < -0.39 is 0 Å². The molecule has 0 bridgehead atoms. The predicted molar refractivity (Wildman–Crippen MR) is 99.0 cm³/mol. The Labute approximate surface area is 142 Å². The molecule has 4 heteroatoms. The Balaban J connectivity index is 1.62. The molecule has 4 rings (SSSR count). The maximum Gasteiger partial charge on any atom is 0.122 e. The van der Waals surface area contributed by atoms with Crippen molar-refractivity contribution in [1.82, 2.24) is 10.3 Å². The van der Waals surface area contributed by atoms with Gasteiger partial charge < -0.3 is 19.9 Å². The van der Waals surface area contributed by atoms with Crippen molar-refractivity contribution >= 4 is 16.6 Å². The minimum atomic E-state index is 0.423. The molecule has 1 aliphatic rings. The fraction of sp³-hybridized carbons (Fsp3) is 0.300. The lowest BCUT2D eigenvalue weighted by atomic mass is 10.0. The SMILES string of the molecule is COc1ccccc1CC1CNCCN1c1ccc2[nH]ccc2c1. The van der Waals surface area contributed by atoms with Crippen molar-refractivity contribution in [2.45, 2.75) is 12.5 Å². The first-order valence-electron chi connectivity index (χ1n) is 8.51. The Hall–Kier alpha value is -2.46. The number of hydrogen-bond donors (Lipinski definition) is 2. The zero-order valence-corrected chi connectivity index (χ0v) is 14.0. The standard InChI is InChI=1S/C20H23N3O/c1-24-20-5-3-2-4-16(20)13-18-14-21-10-11-23(18)17-6-7-19-15(12-17)8-9-22-19/h2-9,12,18,21-22H,10-11,13-14H2,1H3. The molecule has 2 aromatic carbocycles. The van der Waals surface area contributed by atoms with Crippen molar-refractivity contribution in [1.29, 1.82) is 0 Å².